The average Bonchev–Trinajstić information content (AvgIpc) is 2.28. The molecular formula is C12H17FN2O2. The first-order valence-electron chi connectivity index (χ1n) is 5.45. The number of halogens is 1. The zero-order valence-electron chi connectivity index (χ0n) is 9.98. The molecule has 0 saturated carbocycles. The molecule has 0 bridgehead atoms. The van der Waals surface area contributed by atoms with Crippen LogP contribution in [0, 0.1) is 11.7 Å². The number of hydrogen-bond donors (Lipinski definition) is 2. The van der Waals surface area contributed by atoms with E-state index in [4.69, 9.17) is 15.7 Å². The maximum absolute atomic E-state index is 13.5. The van der Waals surface area contributed by atoms with E-state index < -0.39 is 5.82 Å². The minimum absolute atomic E-state index is 0.00115. The third-order valence-corrected chi connectivity index (χ3v) is 2.29. The van der Waals surface area contributed by atoms with Gasteiger partial charge in [0, 0.05) is 0 Å². The summed E-state index contributed by atoms with van der Waals surface area (Å²) < 4.78 is 19.0. The Balaban J connectivity index is 2.88. The lowest BCUT2D eigenvalue weighted by Crippen LogP contribution is -2.17. The number of nitrogens with zero attached hydrogens (tertiary/aromatic N) is 1. The highest BCUT2D eigenvalue weighted by Gasteiger charge is 2.14. The second-order valence-corrected chi connectivity index (χ2v) is 4.13. The molecule has 0 spiro atoms. The van der Waals surface area contributed by atoms with Gasteiger partial charge in [0.05, 0.1) is 12.2 Å². The van der Waals surface area contributed by atoms with Gasteiger partial charge in [-0.25, -0.2) is 4.39 Å². The molecule has 1 aromatic carbocycles. The number of benzene rings is 1. The van der Waals surface area contributed by atoms with E-state index in [1.165, 1.54) is 12.1 Å². The van der Waals surface area contributed by atoms with Crippen molar-refractivity contribution in [3.8, 4) is 5.75 Å². The van der Waals surface area contributed by atoms with Crippen molar-refractivity contribution in [1.29, 1.82) is 0 Å². The molecule has 5 heteroatoms. The summed E-state index contributed by atoms with van der Waals surface area (Å²) in [6.07, 6.45) is 0.853. The maximum atomic E-state index is 13.5. The summed E-state index contributed by atoms with van der Waals surface area (Å²) in [5, 5.41) is 11.4. The minimum atomic E-state index is -0.567. The van der Waals surface area contributed by atoms with Gasteiger partial charge in [0.2, 0.25) is 0 Å². The first-order chi connectivity index (χ1) is 8.06. The van der Waals surface area contributed by atoms with Crippen molar-refractivity contribution in [2.45, 2.75) is 20.3 Å². The van der Waals surface area contributed by atoms with Gasteiger partial charge in [0.25, 0.3) is 0 Å². The minimum Gasteiger partial charge on any atom is -0.493 e. The van der Waals surface area contributed by atoms with Crippen LogP contribution in [0.2, 0.25) is 0 Å². The van der Waals surface area contributed by atoms with Crippen LogP contribution in [0.4, 0.5) is 4.39 Å². The molecule has 1 rings (SSSR count). The Morgan fingerprint density at radius 1 is 1.53 bits per heavy atom. The molecule has 0 aliphatic heterocycles. The highest BCUT2D eigenvalue weighted by molar-refractivity contribution is 5.99. The van der Waals surface area contributed by atoms with Crippen molar-refractivity contribution in [3.05, 3.63) is 29.6 Å². The van der Waals surface area contributed by atoms with Crippen LogP contribution in [0.3, 0.4) is 0 Å². The van der Waals surface area contributed by atoms with Gasteiger partial charge in [0.1, 0.15) is 11.6 Å². The van der Waals surface area contributed by atoms with Gasteiger partial charge in [-0.3, -0.25) is 0 Å². The van der Waals surface area contributed by atoms with Crippen molar-refractivity contribution in [2.75, 3.05) is 6.61 Å². The fourth-order valence-corrected chi connectivity index (χ4v) is 1.33. The molecule has 0 aliphatic rings. The Morgan fingerprint density at radius 3 is 2.82 bits per heavy atom. The van der Waals surface area contributed by atoms with E-state index in [1.54, 1.807) is 6.07 Å². The van der Waals surface area contributed by atoms with E-state index in [0.29, 0.717) is 18.3 Å². The molecule has 0 atom stereocenters. The quantitative estimate of drug-likeness (QED) is 0.359. The van der Waals surface area contributed by atoms with Crippen LogP contribution in [0.1, 0.15) is 25.8 Å². The molecule has 1 aromatic rings. The summed E-state index contributed by atoms with van der Waals surface area (Å²) in [6, 6.07) is 4.35. The molecule has 17 heavy (non-hydrogen) atoms. The highest BCUT2D eigenvalue weighted by atomic mass is 19.1. The lowest BCUT2D eigenvalue weighted by Gasteiger charge is -2.12. The van der Waals surface area contributed by atoms with Crippen molar-refractivity contribution >= 4 is 5.84 Å². The smallest absolute Gasteiger partial charge is 0.176 e. The van der Waals surface area contributed by atoms with E-state index in [9.17, 15) is 4.39 Å². The number of hydrogen-bond acceptors (Lipinski definition) is 3. The van der Waals surface area contributed by atoms with Gasteiger partial charge < -0.3 is 15.7 Å². The zero-order valence-corrected chi connectivity index (χ0v) is 9.98. The van der Waals surface area contributed by atoms with Gasteiger partial charge in [-0.2, -0.15) is 0 Å². The SMILES string of the molecule is CC(C)CCOc1cccc(F)c1C(N)=NO. The first kappa shape index (κ1) is 13.3. The number of amidine groups is 1. The van der Waals surface area contributed by atoms with Gasteiger partial charge >= 0.3 is 0 Å². The molecule has 0 saturated heterocycles. The van der Waals surface area contributed by atoms with E-state index in [-0.39, 0.29) is 11.4 Å². The van der Waals surface area contributed by atoms with Crippen LogP contribution < -0.4 is 10.5 Å². The zero-order chi connectivity index (χ0) is 12.8. The molecule has 0 amide bonds. The first-order valence-corrected chi connectivity index (χ1v) is 5.45. The molecule has 0 heterocycles. The summed E-state index contributed by atoms with van der Waals surface area (Å²) in [5.41, 5.74) is 5.41. The second kappa shape index (κ2) is 6.08. The normalized spacial score (nSPS) is 11.9. The summed E-state index contributed by atoms with van der Waals surface area (Å²) >= 11 is 0. The Morgan fingerprint density at radius 2 is 2.24 bits per heavy atom. The number of oxime groups is 1. The monoisotopic (exact) mass is 240 g/mol. The van der Waals surface area contributed by atoms with Gasteiger partial charge in [0.15, 0.2) is 5.84 Å². The van der Waals surface area contributed by atoms with Crippen molar-refractivity contribution < 1.29 is 14.3 Å². The summed E-state index contributed by atoms with van der Waals surface area (Å²) in [6.45, 7) is 4.60. The van der Waals surface area contributed by atoms with E-state index >= 15 is 0 Å². The third-order valence-electron chi connectivity index (χ3n) is 2.29. The molecule has 4 nitrogen and oxygen atoms in total. The second-order valence-electron chi connectivity index (χ2n) is 4.13. The van der Waals surface area contributed by atoms with Crippen LogP contribution in [0.25, 0.3) is 0 Å². The summed E-state index contributed by atoms with van der Waals surface area (Å²) in [4.78, 5) is 0. The maximum Gasteiger partial charge on any atom is 0.176 e. The molecule has 0 aliphatic carbocycles. The lowest BCUT2D eigenvalue weighted by atomic mass is 10.1. The van der Waals surface area contributed by atoms with Crippen molar-refractivity contribution in [3.63, 3.8) is 0 Å². The summed E-state index contributed by atoms with van der Waals surface area (Å²) in [5.74, 6) is -0.0678. The van der Waals surface area contributed by atoms with Crippen LogP contribution >= 0.6 is 0 Å². The van der Waals surface area contributed by atoms with Gasteiger partial charge in [-0.05, 0) is 24.5 Å². The Kier molecular flexibility index (Phi) is 4.75. The molecule has 3 N–H and O–H groups in total. The molecular weight excluding hydrogens is 223 g/mol. The van der Waals surface area contributed by atoms with Crippen LogP contribution in [-0.4, -0.2) is 17.6 Å². The topological polar surface area (TPSA) is 67.8 Å². The highest BCUT2D eigenvalue weighted by Crippen LogP contribution is 2.21. The van der Waals surface area contributed by atoms with E-state index in [0.717, 1.165) is 6.42 Å². The van der Waals surface area contributed by atoms with Gasteiger partial charge in [-0.15, -0.1) is 0 Å². The fraction of sp³-hybridized carbons (Fsp3) is 0.417. The predicted molar refractivity (Wildman–Crippen MR) is 63.9 cm³/mol. The van der Waals surface area contributed by atoms with E-state index in [2.05, 4.69) is 19.0 Å². The molecule has 94 valence electrons. The Bertz CT molecular complexity index is 405. The molecule has 0 radical (unpaired) electrons. The van der Waals surface area contributed by atoms with Crippen LogP contribution in [-0.2, 0) is 0 Å². The van der Waals surface area contributed by atoms with Crippen molar-refractivity contribution in [1.82, 2.24) is 0 Å². The third kappa shape index (κ3) is 3.62. The molecule has 0 fully saturated rings. The van der Waals surface area contributed by atoms with Crippen molar-refractivity contribution in [2.24, 2.45) is 16.8 Å². The van der Waals surface area contributed by atoms with Crippen LogP contribution in [0.5, 0.6) is 5.75 Å². The standard InChI is InChI=1S/C12H17FN2O2/c1-8(2)6-7-17-10-5-3-4-9(13)11(10)12(14)15-16/h3-5,8,16H,6-7H2,1-2H3,(H2,14,15). The van der Waals surface area contributed by atoms with E-state index in [1.807, 2.05) is 0 Å². The molecule has 0 aromatic heterocycles. The number of ether oxygens (including phenoxy) is 1. The number of nitrogens with two attached hydrogens (primary N) is 1. The fourth-order valence-electron chi connectivity index (χ4n) is 1.33. The number of rotatable bonds is 5. The largest absolute Gasteiger partial charge is 0.493 e. The van der Waals surface area contributed by atoms with Gasteiger partial charge in [-0.1, -0.05) is 25.1 Å². The Labute approximate surface area is 99.9 Å². The summed E-state index contributed by atoms with van der Waals surface area (Å²) in [7, 11) is 0. The lowest BCUT2D eigenvalue weighted by molar-refractivity contribution is 0.286. The predicted octanol–water partition coefficient (Wildman–Crippen LogP) is 2.35. The molecule has 0 unspecified atom stereocenters. The van der Waals surface area contributed by atoms with Crippen LogP contribution in [0.15, 0.2) is 23.4 Å². The average molecular weight is 240 g/mol. The Hall–Kier alpha value is -1.78.